The van der Waals surface area contributed by atoms with Crippen molar-refractivity contribution in [1.29, 1.82) is 0 Å². The maximum absolute atomic E-state index is 11.4. The van der Waals surface area contributed by atoms with Crippen LogP contribution in [0.1, 0.15) is 19.8 Å². The van der Waals surface area contributed by atoms with Crippen LogP contribution in [0.4, 0.5) is 11.5 Å². The van der Waals surface area contributed by atoms with Gasteiger partial charge in [-0.1, -0.05) is 0 Å². The minimum atomic E-state index is -0.516. The Labute approximate surface area is 105 Å². The molecule has 6 nitrogen and oxygen atoms in total. The Hall–Kier alpha value is -1.98. The van der Waals surface area contributed by atoms with Crippen LogP contribution in [0.3, 0.4) is 0 Å². The molecule has 0 amide bonds. The molecule has 0 saturated carbocycles. The van der Waals surface area contributed by atoms with Gasteiger partial charge in [0, 0.05) is 25.1 Å². The number of nitrogens with zero attached hydrogens (tertiary/aromatic N) is 3. The summed E-state index contributed by atoms with van der Waals surface area (Å²) in [4.78, 5) is 27.2. The first-order chi connectivity index (χ1) is 8.58. The van der Waals surface area contributed by atoms with E-state index in [1.807, 2.05) is 0 Å². The molecule has 0 spiro atoms. The number of pyridine rings is 1. The van der Waals surface area contributed by atoms with Gasteiger partial charge in [0.25, 0.3) is 0 Å². The van der Waals surface area contributed by atoms with Crippen LogP contribution < -0.4 is 4.90 Å². The molecule has 1 aromatic heterocycles. The number of ketones is 1. The van der Waals surface area contributed by atoms with E-state index in [0.717, 1.165) is 25.1 Å². The van der Waals surface area contributed by atoms with Gasteiger partial charge in [0.1, 0.15) is 5.78 Å². The fourth-order valence-corrected chi connectivity index (χ4v) is 2.22. The fraction of sp³-hybridized carbons (Fsp3) is 0.500. The molecule has 18 heavy (non-hydrogen) atoms. The van der Waals surface area contributed by atoms with E-state index >= 15 is 0 Å². The maximum atomic E-state index is 11.4. The molecule has 6 heteroatoms. The number of piperidine rings is 1. The molecule has 1 aromatic rings. The van der Waals surface area contributed by atoms with Crippen LogP contribution >= 0.6 is 0 Å². The number of Topliss-reactive ketones (excluding diaryl/α,β-unsaturated/α-hetero) is 1. The van der Waals surface area contributed by atoms with Crippen molar-refractivity contribution in [3.05, 3.63) is 28.4 Å². The lowest BCUT2D eigenvalue weighted by atomic mass is 9.94. The van der Waals surface area contributed by atoms with E-state index in [1.165, 1.54) is 12.3 Å². The van der Waals surface area contributed by atoms with Gasteiger partial charge in [-0.05, 0) is 35.7 Å². The zero-order valence-electron chi connectivity index (χ0n) is 10.2. The maximum Gasteiger partial charge on any atom is 0.363 e. The van der Waals surface area contributed by atoms with E-state index in [9.17, 15) is 14.9 Å². The SMILES string of the molecule is CC(=O)C1CCCN(c2ccc([N+](=O)[O-])nc2)C1. The number of carbonyl (C=O) groups is 1. The summed E-state index contributed by atoms with van der Waals surface area (Å²) >= 11 is 0. The lowest BCUT2D eigenvalue weighted by molar-refractivity contribution is -0.389. The summed E-state index contributed by atoms with van der Waals surface area (Å²) in [5, 5.41) is 10.5. The van der Waals surface area contributed by atoms with Crippen LogP contribution in [0.25, 0.3) is 0 Å². The first kappa shape index (κ1) is 12.5. The average Bonchev–Trinajstić information content (AvgIpc) is 2.39. The van der Waals surface area contributed by atoms with Gasteiger partial charge in [-0.25, -0.2) is 0 Å². The molecule has 0 aromatic carbocycles. The number of rotatable bonds is 3. The molecule has 2 heterocycles. The van der Waals surface area contributed by atoms with Gasteiger partial charge in [0.05, 0.1) is 5.69 Å². The number of anilines is 1. The van der Waals surface area contributed by atoms with Crippen molar-refractivity contribution in [1.82, 2.24) is 4.98 Å². The smallest absolute Gasteiger partial charge is 0.363 e. The van der Waals surface area contributed by atoms with Gasteiger partial charge in [0.15, 0.2) is 6.20 Å². The summed E-state index contributed by atoms with van der Waals surface area (Å²) in [7, 11) is 0. The molecule has 1 fully saturated rings. The third-order valence-corrected chi connectivity index (χ3v) is 3.28. The van der Waals surface area contributed by atoms with Crippen LogP contribution in [0.15, 0.2) is 18.3 Å². The Balaban J connectivity index is 2.11. The van der Waals surface area contributed by atoms with Crippen LogP contribution in [0.2, 0.25) is 0 Å². The fourth-order valence-electron chi connectivity index (χ4n) is 2.22. The number of nitro groups is 1. The van der Waals surface area contributed by atoms with Crippen LogP contribution in [0.5, 0.6) is 0 Å². The monoisotopic (exact) mass is 249 g/mol. The van der Waals surface area contributed by atoms with Crippen molar-refractivity contribution in [2.45, 2.75) is 19.8 Å². The molecule has 1 atom stereocenters. The molecular formula is C12H15N3O3. The molecule has 2 rings (SSSR count). The second kappa shape index (κ2) is 5.12. The van der Waals surface area contributed by atoms with Crippen molar-refractivity contribution in [3.8, 4) is 0 Å². The lowest BCUT2D eigenvalue weighted by Crippen LogP contribution is -2.38. The van der Waals surface area contributed by atoms with Crippen LogP contribution in [-0.2, 0) is 4.79 Å². The molecule has 1 aliphatic heterocycles. The quantitative estimate of drug-likeness (QED) is 0.603. The number of hydrogen-bond donors (Lipinski definition) is 0. The lowest BCUT2D eigenvalue weighted by Gasteiger charge is -2.32. The van der Waals surface area contributed by atoms with E-state index in [2.05, 4.69) is 9.88 Å². The highest BCUT2D eigenvalue weighted by Crippen LogP contribution is 2.24. The Morgan fingerprint density at radius 1 is 1.56 bits per heavy atom. The summed E-state index contributed by atoms with van der Waals surface area (Å²) in [6, 6.07) is 3.08. The van der Waals surface area contributed by atoms with Gasteiger partial charge in [-0.2, -0.15) is 0 Å². The molecular weight excluding hydrogens is 234 g/mol. The first-order valence-corrected chi connectivity index (χ1v) is 5.94. The Morgan fingerprint density at radius 3 is 2.89 bits per heavy atom. The predicted octanol–water partition coefficient (Wildman–Crippen LogP) is 1.80. The minimum absolute atomic E-state index is 0.0638. The van der Waals surface area contributed by atoms with E-state index in [1.54, 1.807) is 13.0 Å². The summed E-state index contributed by atoms with van der Waals surface area (Å²) < 4.78 is 0. The Kier molecular flexibility index (Phi) is 3.55. The van der Waals surface area contributed by atoms with E-state index in [-0.39, 0.29) is 17.5 Å². The number of hydrogen-bond acceptors (Lipinski definition) is 5. The van der Waals surface area contributed by atoms with Crippen LogP contribution in [0, 0.1) is 16.0 Å². The summed E-state index contributed by atoms with van der Waals surface area (Å²) in [6.45, 7) is 3.15. The second-order valence-corrected chi connectivity index (χ2v) is 4.53. The zero-order chi connectivity index (χ0) is 13.1. The molecule has 96 valence electrons. The Morgan fingerprint density at radius 2 is 2.33 bits per heavy atom. The molecule has 0 N–H and O–H groups in total. The highest BCUT2D eigenvalue weighted by molar-refractivity contribution is 5.79. The van der Waals surface area contributed by atoms with Crippen molar-refractivity contribution >= 4 is 17.3 Å². The number of aromatic nitrogens is 1. The van der Waals surface area contributed by atoms with Crippen molar-refractivity contribution < 1.29 is 9.72 Å². The normalized spacial score (nSPS) is 19.6. The average molecular weight is 249 g/mol. The van der Waals surface area contributed by atoms with E-state index < -0.39 is 4.92 Å². The molecule has 0 aliphatic carbocycles. The Bertz CT molecular complexity index is 458. The van der Waals surface area contributed by atoms with E-state index in [4.69, 9.17) is 0 Å². The van der Waals surface area contributed by atoms with Crippen molar-refractivity contribution in [2.24, 2.45) is 5.92 Å². The third-order valence-electron chi connectivity index (χ3n) is 3.28. The van der Waals surface area contributed by atoms with Gasteiger partial charge < -0.3 is 15.0 Å². The highest BCUT2D eigenvalue weighted by Gasteiger charge is 2.24. The minimum Gasteiger partial charge on any atom is -0.368 e. The predicted molar refractivity (Wildman–Crippen MR) is 66.5 cm³/mol. The zero-order valence-corrected chi connectivity index (χ0v) is 10.2. The summed E-state index contributed by atoms with van der Waals surface area (Å²) in [6.07, 6.45) is 3.38. The molecule has 0 bridgehead atoms. The van der Waals surface area contributed by atoms with Crippen LogP contribution in [-0.4, -0.2) is 28.8 Å². The van der Waals surface area contributed by atoms with Gasteiger partial charge in [-0.15, -0.1) is 0 Å². The van der Waals surface area contributed by atoms with Gasteiger partial charge >= 0.3 is 5.82 Å². The molecule has 1 aliphatic rings. The highest BCUT2D eigenvalue weighted by atomic mass is 16.6. The largest absolute Gasteiger partial charge is 0.368 e. The van der Waals surface area contributed by atoms with E-state index in [0.29, 0.717) is 6.54 Å². The third kappa shape index (κ3) is 2.64. The van der Waals surface area contributed by atoms with Crippen molar-refractivity contribution in [3.63, 3.8) is 0 Å². The molecule has 1 saturated heterocycles. The topological polar surface area (TPSA) is 76.3 Å². The molecule has 1 unspecified atom stereocenters. The molecule has 0 radical (unpaired) electrons. The van der Waals surface area contributed by atoms with Crippen molar-refractivity contribution in [2.75, 3.05) is 18.0 Å². The standard InChI is InChI=1S/C12H15N3O3/c1-9(16)10-3-2-6-14(8-10)11-4-5-12(13-7-11)15(17)18/h4-5,7,10H,2-3,6,8H2,1H3. The number of carbonyl (C=O) groups excluding carboxylic acids is 1. The first-order valence-electron chi connectivity index (χ1n) is 5.94. The summed E-state index contributed by atoms with van der Waals surface area (Å²) in [5.41, 5.74) is 0.839. The summed E-state index contributed by atoms with van der Waals surface area (Å²) in [5.74, 6) is 0.113. The second-order valence-electron chi connectivity index (χ2n) is 4.53. The van der Waals surface area contributed by atoms with Gasteiger partial charge in [0.2, 0.25) is 0 Å². The van der Waals surface area contributed by atoms with Gasteiger partial charge in [-0.3, -0.25) is 4.79 Å².